The van der Waals surface area contributed by atoms with E-state index in [2.05, 4.69) is 4.98 Å². The van der Waals surface area contributed by atoms with Gasteiger partial charge in [0.05, 0.1) is 21.8 Å². The molecule has 3 nitrogen and oxygen atoms in total. The van der Waals surface area contributed by atoms with E-state index in [0.29, 0.717) is 40.2 Å². The highest BCUT2D eigenvalue weighted by Crippen LogP contribution is 2.34. The van der Waals surface area contributed by atoms with Gasteiger partial charge in [0.2, 0.25) is 0 Å². The lowest BCUT2D eigenvalue weighted by atomic mass is 10.2. The van der Waals surface area contributed by atoms with E-state index in [1.807, 2.05) is 0 Å². The highest BCUT2D eigenvalue weighted by molar-refractivity contribution is 6.39. The summed E-state index contributed by atoms with van der Waals surface area (Å²) in [5, 5.41) is 1.09. The van der Waals surface area contributed by atoms with E-state index in [1.165, 1.54) is 0 Å². The van der Waals surface area contributed by atoms with E-state index in [1.54, 1.807) is 24.4 Å². The molecule has 1 aromatic carbocycles. The summed E-state index contributed by atoms with van der Waals surface area (Å²) in [4.78, 5) is 4.10. The normalized spacial score (nSPS) is 10.7. The van der Waals surface area contributed by atoms with Crippen molar-refractivity contribution in [2.75, 3.05) is 6.54 Å². The second-order valence-electron chi connectivity index (χ2n) is 3.25. The van der Waals surface area contributed by atoms with E-state index in [4.69, 9.17) is 33.4 Å². The summed E-state index contributed by atoms with van der Waals surface area (Å²) >= 11 is 12.1. The van der Waals surface area contributed by atoms with Gasteiger partial charge in [-0.15, -0.1) is 0 Å². The van der Waals surface area contributed by atoms with Crippen LogP contribution in [0.1, 0.15) is 5.89 Å². The quantitative estimate of drug-likeness (QED) is 0.918. The molecule has 2 rings (SSSR count). The Labute approximate surface area is 103 Å². The van der Waals surface area contributed by atoms with Crippen molar-refractivity contribution in [3.63, 3.8) is 0 Å². The van der Waals surface area contributed by atoms with E-state index < -0.39 is 0 Å². The van der Waals surface area contributed by atoms with Crippen LogP contribution in [0, 0.1) is 0 Å². The maximum absolute atomic E-state index is 6.05. The number of hydrogen-bond donors (Lipinski definition) is 1. The molecule has 2 N–H and O–H groups in total. The van der Waals surface area contributed by atoms with Gasteiger partial charge < -0.3 is 10.2 Å². The first-order valence-corrected chi connectivity index (χ1v) is 5.57. The van der Waals surface area contributed by atoms with Crippen molar-refractivity contribution in [1.82, 2.24) is 4.98 Å². The molecule has 0 bridgehead atoms. The lowest BCUT2D eigenvalue weighted by Crippen LogP contribution is -2.02. The molecule has 1 aromatic heterocycles. The number of oxazole rings is 1. The van der Waals surface area contributed by atoms with Crippen LogP contribution in [0.5, 0.6) is 0 Å². The Balaban J connectivity index is 2.42. The van der Waals surface area contributed by atoms with Gasteiger partial charge in [-0.3, -0.25) is 0 Å². The van der Waals surface area contributed by atoms with Crippen LogP contribution in [0.25, 0.3) is 11.3 Å². The molecule has 16 heavy (non-hydrogen) atoms. The molecule has 0 aliphatic heterocycles. The van der Waals surface area contributed by atoms with Crippen LogP contribution in [0.15, 0.2) is 28.8 Å². The molecular weight excluding hydrogens is 247 g/mol. The maximum Gasteiger partial charge on any atom is 0.196 e. The molecule has 0 saturated heterocycles. The van der Waals surface area contributed by atoms with E-state index in [0.717, 1.165) is 0 Å². The second-order valence-corrected chi connectivity index (χ2v) is 4.07. The molecule has 0 amide bonds. The highest BCUT2D eigenvalue weighted by Gasteiger charge is 2.12. The van der Waals surface area contributed by atoms with Crippen LogP contribution in [0.3, 0.4) is 0 Å². The van der Waals surface area contributed by atoms with Gasteiger partial charge in [-0.2, -0.15) is 0 Å². The molecular formula is C11H10Cl2N2O. The number of rotatable bonds is 3. The summed E-state index contributed by atoms with van der Waals surface area (Å²) in [6.45, 7) is 0.496. The van der Waals surface area contributed by atoms with Crippen molar-refractivity contribution in [3.05, 3.63) is 40.3 Å². The van der Waals surface area contributed by atoms with Crippen LogP contribution in [0.2, 0.25) is 10.0 Å². The van der Waals surface area contributed by atoms with Crippen LogP contribution in [0.4, 0.5) is 0 Å². The summed E-state index contributed by atoms with van der Waals surface area (Å²) in [5.41, 5.74) is 6.08. The fraction of sp³-hybridized carbons (Fsp3) is 0.182. The first kappa shape index (κ1) is 11.5. The van der Waals surface area contributed by atoms with Gasteiger partial charge in [0.15, 0.2) is 11.7 Å². The fourth-order valence-electron chi connectivity index (χ4n) is 1.40. The second kappa shape index (κ2) is 4.87. The zero-order valence-electron chi connectivity index (χ0n) is 8.41. The molecule has 0 aliphatic carbocycles. The Morgan fingerprint density at radius 3 is 2.56 bits per heavy atom. The lowest BCUT2D eigenvalue weighted by Gasteiger charge is -2.02. The number of aromatic nitrogens is 1. The minimum atomic E-state index is 0.496. The predicted molar refractivity (Wildman–Crippen MR) is 64.7 cm³/mol. The van der Waals surface area contributed by atoms with E-state index in [-0.39, 0.29) is 0 Å². The van der Waals surface area contributed by atoms with Crippen molar-refractivity contribution < 1.29 is 4.42 Å². The molecule has 2 aromatic rings. The minimum absolute atomic E-state index is 0.496. The molecule has 0 spiro atoms. The van der Waals surface area contributed by atoms with Crippen molar-refractivity contribution in [3.8, 4) is 11.3 Å². The summed E-state index contributed by atoms with van der Waals surface area (Å²) in [6.07, 6.45) is 2.21. The monoisotopic (exact) mass is 256 g/mol. The van der Waals surface area contributed by atoms with Crippen molar-refractivity contribution in [2.24, 2.45) is 5.73 Å². The Bertz CT molecular complexity index is 476. The van der Waals surface area contributed by atoms with Gasteiger partial charge >= 0.3 is 0 Å². The molecule has 0 unspecified atom stereocenters. The van der Waals surface area contributed by atoms with Crippen LogP contribution in [-0.2, 0) is 6.42 Å². The van der Waals surface area contributed by atoms with Crippen molar-refractivity contribution >= 4 is 23.2 Å². The molecule has 0 radical (unpaired) electrons. The Morgan fingerprint density at radius 1 is 1.25 bits per heavy atom. The van der Waals surface area contributed by atoms with Gasteiger partial charge in [-0.25, -0.2) is 4.98 Å². The molecule has 0 atom stereocenters. The molecule has 5 heteroatoms. The van der Waals surface area contributed by atoms with Crippen molar-refractivity contribution in [2.45, 2.75) is 6.42 Å². The van der Waals surface area contributed by atoms with Gasteiger partial charge in [-0.1, -0.05) is 29.3 Å². The summed E-state index contributed by atoms with van der Waals surface area (Å²) in [6, 6.07) is 5.30. The number of halogens is 2. The predicted octanol–water partition coefficient (Wildman–Crippen LogP) is 3.15. The molecule has 0 aliphatic rings. The third-order valence-corrected chi connectivity index (χ3v) is 2.75. The van der Waals surface area contributed by atoms with Crippen LogP contribution in [-0.4, -0.2) is 11.5 Å². The van der Waals surface area contributed by atoms with Gasteiger partial charge in [0.25, 0.3) is 0 Å². The Morgan fingerprint density at radius 2 is 1.94 bits per heavy atom. The third kappa shape index (κ3) is 2.21. The number of nitrogens with zero attached hydrogens (tertiary/aromatic N) is 1. The summed E-state index contributed by atoms with van der Waals surface area (Å²) < 4.78 is 5.51. The molecule has 0 fully saturated rings. The van der Waals surface area contributed by atoms with E-state index in [9.17, 15) is 0 Å². The van der Waals surface area contributed by atoms with Crippen LogP contribution >= 0.6 is 23.2 Å². The minimum Gasteiger partial charge on any atom is -0.441 e. The molecule has 1 heterocycles. The number of hydrogen-bond acceptors (Lipinski definition) is 3. The first-order chi connectivity index (χ1) is 7.72. The topological polar surface area (TPSA) is 52.0 Å². The maximum atomic E-state index is 6.05. The average Bonchev–Trinajstić information content (AvgIpc) is 2.67. The largest absolute Gasteiger partial charge is 0.441 e. The van der Waals surface area contributed by atoms with E-state index >= 15 is 0 Å². The SMILES string of the molecule is NCCc1ncc(-c2c(Cl)cccc2Cl)o1. The van der Waals surface area contributed by atoms with Gasteiger partial charge in [0.1, 0.15) is 0 Å². The van der Waals surface area contributed by atoms with Gasteiger partial charge in [-0.05, 0) is 12.1 Å². The zero-order chi connectivity index (χ0) is 11.5. The Hall–Kier alpha value is -1.03. The van der Waals surface area contributed by atoms with Crippen LogP contribution < -0.4 is 5.73 Å². The molecule has 0 saturated carbocycles. The third-order valence-electron chi connectivity index (χ3n) is 2.12. The summed E-state index contributed by atoms with van der Waals surface area (Å²) in [5.74, 6) is 1.16. The zero-order valence-corrected chi connectivity index (χ0v) is 9.92. The smallest absolute Gasteiger partial charge is 0.196 e. The lowest BCUT2D eigenvalue weighted by molar-refractivity contribution is 0.508. The van der Waals surface area contributed by atoms with Crippen molar-refractivity contribution in [1.29, 1.82) is 0 Å². The summed E-state index contributed by atoms with van der Waals surface area (Å²) in [7, 11) is 0. The Kier molecular flexibility index (Phi) is 3.49. The fourth-order valence-corrected chi connectivity index (χ4v) is 1.98. The highest BCUT2D eigenvalue weighted by atomic mass is 35.5. The number of nitrogens with two attached hydrogens (primary N) is 1. The number of benzene rings is 1. The molecule has 84 valence electrons. The first-order valence-electron chi connectivity index (χ1n) is 4.81. The van der Waals surface area contributed by atoms with Gasteiger partial charge in [0, 0.05) is 13.0 Å². The standard InChI is InChI=1S/C11H10Cl2N2O/c12-7-2-1-3-8(13)11(7)9-6-15-10(16-9)4-5-14/h1-3,6H,4-5,14H2. The average molecular weight is 257 g/mol.